The third-order valence-corrected chi connectivity index (χ3v) is 1.90. The lowest BCUT2D eigenvalue weighted by molar-refractivity contribution is 0.169. The van der Waals surface area contributed by atoms with Gasteiger partial charge in [0.1, 0.15) is 0 Å². The van der Waals surface area contributed by atoms with Crippen molar-refractivity contribution in [2.75, 3.05) is 0 Å². The molecule has 0 spiro atoms. The zero-order valence-corrected chi connectivity index (χ0v) is 7.47. The lowest BCUT2D eigenvalue weighted by atomic mass is 10.0. The van der Waals surface area contributed by atoms with Gasteiger partial charge in [0.25, 0.3) is 0 Å². The molecule has 14 heavy (non-hydrogen) atoms. The Balaban J connectivity index is 2.75. The molecule has 0 bridgehead atoms. The van der Waals surface area contributed by atoms with Crippen molar-refractivity contribution in [1.29, 1.82) is 0 Å². The summed E-state index contributed by atoms with van der Waals surface area (Å²) in [6, 6.07) is 4.05. The van der Waals surface area contributed by atoms with Crippen LogP contribution in [0.4, 0.5) is 0 Å². The first-order valence-electron chi connectivity index (χ1n) is 4.20. The first-order chi connectivity index (χ1) is 6.65. The first-order valence-corrected chi connectivity index (χ1v) is 4.20. The monoisotopic (exact) mass is 195 g/mol. The summed E-state index contributed by atoms with van der Waals surface area (Å²) in [7, 11) is 0. The van der Waals surface area contributed by atoms with Gasteiger partial charge in [-0.3, -0.25) is 0 Å². The van der Waals surface area contributed by atoms with E-state index >= 15 is 0 Å². The molecule has 3 N–H and O–H groups in total. The lowest BCUT2D eigenvalue weighted by Crippen LogP contribution is -1.97. The number of phenols is 2. The highest BCUT2D eigenvalue weighted by molar-refractivity contribution is 5.50. The Morgan fingerprint density at radius 3 is 2.57 bits per heavy atom. The number of hydrogen-bond donors (Lipinski definition) is 3. The van der Waals surface area contributed by atoms with E-state index in [9.17, 15) is 9.90 Å². The number of benzene rings is 1. The fraction of sp³-hybridized carbons (Fsp3) is 0.300. The largest absolute Gasteiger partial charge is 0.506 e. The first kappa shape index (κ1) is 10.4. The molecular weight excluding hydrogens is 184 g/mol. The number of hydrogen-bond acceptors (Lipinski definition) is 4. The van der Waals surface area contributed by atoms with E-state index in [1.165, 1.54) is 18.2 Å². The van der Waals surface area contributed by atoms with E-state index in [1.54, 1.807) is 6.29 Å². The average Bonchev–Trinajstić information content (AvgIpc) is 2.18. The van der Waals surface area contributed by atoms with Gasteiger partial charge in [-0.2, -0.15) is 0 Å². The highest BCUT2D eigenvalue weighted by Gasteiger charge is 2.13. The van der Waals surface area contributed by atoms with Crippen LogP contribution in [0, 0.1) is 0 Å². The van der Waals surface area contributed by atoms with Crippen LogP contribution >= 0.6 is 0 Å². The van der Waals surface area contributed by atoms with Gasteiger partial charge in [-0.05, 0) is 17.7 Å². The molecule has 1 atom stereocenters. The van der Waals surface area contributed by atoms with Gasteiger partial charge in [-0.15, -0.1) is 0 Å². The number of rotatable bonds is 4. The summed E-state index contributed by atoms with van der Waals surface area (Å²) in [6.45, 7) is 0. The van der Waals surface area contributed by atoms with Gasteiger partial charge in [0.2, 0.25) is 6.42 Å². The number of aliphatic hydroxyl groups is 1. The van der Waals surface area contributed by atoms with Crippen molar-refractivity contribution in [3.63, 3.8) is 0 Å². The molecule has 0 heterocycles. The summed E-state index contributed by atoms with van der Waals surface area (Å²) in [6.07, 6.45) is 1.26. The molecule has 1 aromatic carbocycles. The van der Waals surface area contributed by atoms with Crippen molar-refractivity contribution in [1.82, 2.24) is 0 Å². The van der Waals surface area contributed by atoms with E-state index in [0.29, 0.717) is 5.56 Å². The summed E-state index contributed by atoms with van der Waals surface area (Å²) in [4.78, 5) is 9.94. The molecule has 1 unspecified atom stereocenters. The maximum absolute atomic E-state index is 9.94. The van der Waals surface area contributed by atoms with Crippen LogP contribution in [0.5, 0.6) is 11.5 Å². The minimum atomic E-state index is -0.817. The van der Waals surface area contributed by atoms with Crippen LogP contribution in [0.2, 0.25) is 0 Å². The summed E-state index contributed by atoms with van der Waals surface area (Å²) in [5, 5.41) is 27.6. The quantitative estimate of drug-likeness (QED) is 0.495. The minimum absolute atomic E-state index is 0.142. The Bertz CT molecular complexity index is 322. The molecule has 1 aromatic rings. The van der Waals surface area contributed by atoms with Gasteiger partial charge in [-0.1, -0.05) is 6.07 Å². The normalized spacial score (nSPS) is 12.1. The van der Waals surface area contributed by atoms with Crippen LogP contribution in [-0.4, -0.2) is 21.6 Å². The standard InChI is InChI=1S/C10H10O4/c11-5-1-2-8(12)7-3-4-9(13)10(14)6-7/h3-4,6,8,12H,1-2H2,(H-,13,14)/p+1. The molecule has 4 nitrogen and oxygen atoms in total. The zero-order valence-electron chi connectivity index (χ0n) is 7.47. The Morgan fingerprint density at radius 2 is 2.00 bits per heavy atom. The minimum Gasteiger partial charge on any atom is -0.504 e. The lowest BCUT2D eigenvalue weighted by Gasteiger charge is -2.07. The molecular formula is C10H11O4+. The molecule has 0 saturated carbocycles. The van der Waals surface area contributed by atoms with Gasteiger partial charge >= 0.3 is 6.29 Å². The third kappa shape index (κ3) is 2.42. The van der Waals surface area contributed by atoms with E-state index < -0.39 is 6.10 Å². The predicted octanol–water partition coefficient (Wildman–Crippen LogP) is 1.02. The predicted molar refractivity (Wildman–Crippen MR) is 49.7 cm³/mol. The Hall–Kier alpha value is -1.64. The molecule has 0 aliphatic carbocycles. The number of aromatic hydroxyl groups is 2. The van der Waals surface area contributed by atoms with E-state index in [2.05, 4.69) is 0 Å². The zero-order chi connectivity index (χ0) is 10.6. The van der Waals surface area contributed by atoms with Crippen LogP contribution in [-0.2, 0) is 4.79 Å². The van der Waals surface area contributed by atoms with Crippen molar-refractivity contribution in [3.05, 3.63) is 23.8 Å². The smallest absolute Gasteiger partial charge is 0.504 e. The van der Waals surface area contributed by atoms with Crippen molar-refractivity contribution in [2.24, 2.45) is 0 Å². The maximum Gasteiger partial charge on any atom is 0.506 e. The van der Waals surface area contributed by atoms with Gasteiger partial charge in [-0.25, -0.2) is 0 Å². The number of carbonyl (C=O) groups excluding carboxylic acids is 1. The van der Waals surface area contributed by atoms with Gasteiger partial charge in [0.15, 0.2) is 11.5 Å². The molecule has 0 radical (unpaired) electrons. The highest BCUT2D eigenvalue weighted by Crippen LogP contribution is 2.28. The van der Waals surface area contributed by atoms with Crippen molar-refractivity contribution in [3.8, 4) is 11.5 Å². The second-order valence-electron chi connectivity index (χ2n) is 2.95. The number of aliphatic hydroxyl groups excluding tert-OH is 1. The van der Waals surface area contributed by atoms with E-state index in [1.807, 2.05) is 0 Å². The maximum atomic E-state index is 9.94. The second kappa shape index (κ2) is 4.56. The summed E-state index contributed by atoms with van der Waals surface area (Å²) < 4.78 is 0. The van der Waals surface area contributed by atoms with Crippen LogP contribution in [0.3, 0.4) is 0 Å². The molecule has 0 fully saturated rings. The van der Waals surface area contributed by atoms with Crippen molar-refractivity contribution in [2.45, 2.75) is 18.9 Å². The fourth-order valence-corrected chi connectivity index (χ4v) is 1.11. The van der Waals surface area contributed by atoms with Crippen molar-refractivity contribution < 1.29 is 20.1 Å². The second-order valence-corrected chi connectivity index (χ2v) is 2.95. The van der Waals surface area contributed by atoms with Crippen LogP contribution in [0.25, 0.3) is 0 Å². The van der Waals surface area contributed by atoms with E-state index in [0.717, 1.165) is 0 Å². The Labute approximate surface area is 81.4 Å². The molecule has 0 amide bonds. The molecule has 74 valence electrons. The fourth-order valence-electron chi connectivity index (χ4n) is 1.11. The number of phenolic OH excluding ortho intramolecular Hbond substituents is 2. The van der Waals surface area contributed by atoms with Crippen molar-refractivity contribution >= 4 is 6.29 Å². The molecule has 0 aliphatic rings. The topological polar surface area (TPSA) is 77.8 Å². The van der Waals surface area contributed by atoms with Gasteiger partial charge in [0, 0.05) is 11.2 Å². The SMILES string of the molecule is O=[C+]CCC(O)c1ccc(O)c(O)c1. The van der Waals surface area contributed by atoms with E-state index in [4.69, 9.17) is 10.2 Å². The van der Waals surface area contributed by atoms with E-state index in [-0.39, 0.29) is 24.3 Å². The molecule has 4 heteroatoms. The third-order valence-electron chi connectivity index (χ3n) is 1.90. The van der Waals surface area contributed by atoms with Gasteiger partial charge < -0.3 is 15.3 Å². The summed E-state index contributed by atoms with van der Waals surface area (Å²) in [5.74, 6) is -0.514. The van der Waals surface area contributed by atoms with Crippen LogP contribution in [0.15, 0.2) is 18.2 Å². The molecule has 1 rings (SSSR count). The average molecular weight is 195 g/mol. The summed E-state index contributed by atoms with van der Waals surface area (Å²) >= 11 is 0. The van der Waals surface area contributed by atoms with Crippen LogP contribution in [0.1, 0.15) is 24.5 Å². The molecule has 0 saturated heterocycles. The Morgan fingerprint density at radius 1 is 1.29 bits per heavy atom. The highest BCUT2D eigenvalue weighted by atomic mass is 16.3. The molecule has 0 aliphatic heterocycles. The summed E-state index contributed by atoms with van der Waals surface area (Å²) in [5.41, 5.74) is 0.468. The van der Waals surface area contributed by atoms with Crippen LogP contribution < -0.4 is 0 Å². The molecule has 0 aromatic heterocycles. The Kier molecular flexibility index (Phi) is 3.40. The van der Waals surface area contributed by atoms with Gasteiger partial charge in [0.05, 0.1) is 6.10 Å².